The van der Waals surface area contributed by atoms with Crippen molar-refractivity contribution in [3.63, 3.8) is 0 Å². The Morgan fingerprint density at radius 1 is 0.889 bits per heavy atom. The molecule has 0 unspecified atom stereocenters. The third kappa shape index (κ3) is 5.72. The summed E-state index contributed by atoms with van der Waals surface area (Å²) in [6.07, 6.45) is 3.93. The number of benzene rings is 2. The van der Waals surface area contributed by atoms with Gasteiger partial charge in [0.15, 0.2) is 0 Å². The monoisotopic (exact) mass is 372 g/mol. The molecule has 0 aromatic heterocycles. The molecule has 4 heteroatoms. The first kappa shape index (κ1) is 21.3. The van der Waals surface area contributed by atoms with Gasteiger partial charge in [-0.3, -0.25) is 0 Å². The Labute approximate surface area is 162 Å². The number of hydrogen-bond donors (Lipinski definition) is 3. The van der Waals surface area contributed by atoms with Crippen LogP contribution in [-0.2, 0) is 10.2 Å². The first-order valence-corrected chi connectivity index (χ1v) is 9.78. The smallest absolute Gasteiger partial charge is 0.115 e. The molecular formula is C23H32O4. The van der Waals surface area contributed by atoms with Crippen molar-refractivity contribution >= 4 is 0 Å². The number of unbranched alkanes of at least 4 members (excludes halogenated alkanes) is 1. The number of aromatic hydroxyl groups is 2. The van der Waals surface area contributed by atoms with E-state index < -0.39 is 0 Å². The topological polar surface area (TPSA) is 69.9 Å². The quantitative estimate of drug-likeness (QED) is 0.499. The van der Waals surface area contributed by atoms with E-state index in [0.29, 0.717) is 13.2 Å². The Balaban J connectivity index is 2.23. The van der Waals surface area contributed by atoms with Gasteiger partial charge in [-0.15, -0.1) is 0 Å². The van der Waals surface area contributed by atoms with E-state index in [9.17, 15) is 10.2 Å². The fourth-order valence-corrected chi connectivity index (χ4v) is 3.77. The van der Waals surface area contributed by atoms with E-state index in [4.69, 9.17) is 9.84 Å². The van der Waals surface area contributed by atoms with Crippen molar-refractivity contribution < 1.29 is 20.1 Å². The maximum atomic E-state index is 9.68. The minimum atomic E-state index is -0.0867. The van der Waals surface area contributed by atoms with E-state index in [0.717, 1.165) is 25.7 Å². The first-order chi connectivity index (χ1) is 13.0. The summed E-state index contributed by atoms with van der Waals surface area (Å²) < 4.78 is 5.38. The number of phenolic OH excluding ortho intramolecular Hbond substituents is 2. The van der Waals surface area contributed by atoms with Crippen LogP contribution in [0, 0.1) is 0 Å². The minimum absolute atomic E-state index is 0.0604. The number of ether oxygens (including phenoxy) is 1. The van der Waals surface area contributed by atoms with Crippen LogP contribution in [0.25, 0.3) is 0 Å². The van der Waals surface area contributed by atoms with Gasteiger partial charge in [-0.1, -0.05) is 44.5 Å². The largest absolute Gasteiger partial charge is 0.508 e. The van der Waals surface area contributed by atoms with Crippen LogP contribution in [0.1, 0.15) is 56.6 Å². The lowest BCUT2D eigenvalue weighted by atomic mass is 9.65. The molecule has 2 rings (SSSR count). The van der Waals surface area contributed by atoms with Gasteiger partial charge in [-0.05, 0) is 66.0 Å². The maximum Gasteiger partial charge on any atom is 0.115 e. The summed E-state index contributed by atoms with van der Waals surface area (Å²) in [6, 6.07) is 15.0. The van der Waals surface area contributed by atoms with Crippen molar-refractivity contribution in [2.24, 2.45) is 0 Å². The number of aliphatic hydroxyl groups is 1. The minimum Gasteiger partial charge on any atom is -0.508 e. The summed E-state index contributed by atoms with van der Waals surface area (Å²) in [4.78, 5) is 0. The molecule has 0 bridgehead atoms. The standard InChI is InChI=1S/C23H32O4/c1-3-23(2,19-9-13-21(26)14-10-19)22(6-4-5-16-27-17-15-24)18-7-11-20(25)12-8-18/h7-14,22,24-26H,3-6,15-17H2,1-2H3/t22-,23+/m1/s1. The molecule has 0 saturated carbocycles. The average Bonchev–Trinajstić information content (AvgIpc) is 2.68. The van der Waals surface area contributed by atoms with Gasteiger partial charge in [0.1, 0.15) is 11.5 Å². The molecule has 0 heterocycles. The lowest BCUT2D eigenvalue weighted by Gasteiger charge is -2.38. The van der Waals surface area contributed by atoms with Crippen LogP contribution < -0.4 is 0 Å². The van der Waals surface area contributed by atoms with Gasteiger partial charge in [0.05, 0.1) is 13.2 Å². The van der Waals surface area contributed by atoms with Crippen LogP contribution in [0.2, 0.25) is 0 Å². The second kappa shape index (κ2) is 10.3. The van der Waals surface area contributed by atoms with Crippen LogP contribution in [0.5, 0.6) is 11.5 Å². The van der Waals surface area contributed by atoms with Crippen molar-refractivity contribution in [2.45, 2.75) is 50.9 Å². The van der Waals surface area contributed by atoms with Crippen LogP contribution in [0.3, 0.4) is 0 Å². The van der Waals surface area contributed by atoms with Gasteiger partial charge in [0.2, 0.25) is 0 Å². The van der Waals surface area contributed by atoms with E-state index in [1.807, 2.05) is 24.3 Å². The van der Waals surface area contributed by atoms with Crippen LogP contribution in [0.15, 0.2) is 48.5 Å². The molecule has 2 aromatic rings. The van der Waals surface area contributed by atoms with E-state index in [2.05, 4.69) is 13.8 Å². The molecular weight excluding hydrogens is 340 g/mol. The molecule has 3 N–H and O–H groups in total. The molecule has 0 aliphatic heterocycles. The Bertz CT molecular complexity index is 666. The molecule has 0 radical (unpaired) electrons. The number of aliphatic hydroxyl groups excluding tert-OH is 1. The Kier molecular flexibility index (Phi) is 8.14. The second-order valence-electron chi connectivity index (χ2n) is 7.29. The third-order valence-electron chi connectivity index (χ3n) is 5.59. The molecule has 0 aliphatic carbocycles. The van der Waals surface area contributed by atoms with Crippen molar-refractivity contribution in [1.82, 2.24) is 0 Å². The van der Waals surface area contributed by atoms with E-state index in [1.54, 1.807) is 24.3 Å². The summed E-state index contributed by atoms with van der Waals surface area (Å²) in [5, 5.41) is 28.1. The fourth-order valence-electron chi connectivity index (χ4n) is 3.77. The summed E-state index contributed by atoms with van der Waals surface area (Å²) in [6.45, 7) is 5.58. The normalized spacial score (nSPS) is 14.6. The lowest BCUT2D eigenvalue weighted by Crippen LogP contribution is -2.30. The first-order valence-electron chi connectivity index (χ1n) is 9.78. The molecule has 0 aliphatic rings. The Morgan fingerprint density at radius 2 is 1.48 bits per heavy atom. The average molecular weight is 373 g/mol. The van der Waals surface area contributed by atoms with Gasteiger partial charge in [-0.2, -0.15) is 0 Å². The van der Waals surface area contributed by atoms with Crippen LogP contribution in [-0.4, -0.2) is 35.1 Å². The van der Waals surface area contributed by atoms with Crippen molar-refractivity contribution in [1.29, 1.82) is 0 Å². The molecule has 0 saturated heterocycles. The third-order valence-corrected chi connectivity index (χ3v) is 5.59. The summed E-state index contributed by atoms with van der Waals surface area (Å²) >= 11 is 0. The van der Waals surface area contributed by atoms with Gasteiger partial charge < -0.3 is 20.1 Å². The zero-order valence-corrected chi connectivity index (χ0v) is 16.4. The highest BCUT2D eigenvalue weighted by Gasteiger charge is 2.35. The summed E-state index contributed by atoms with van der Waals surface area (Å²) in [7, 11) is 0. The van der Waals surface area contributed by atoms with Crippen LogP contribution in [0.4, 0.5) is 0 Å². The Morgan fingerprint density at radius 3 is 2.04 bits per heavy atom. The van der Waals surface area contributed by atoms with E-state index in [-0.39, 0.29) is 29.4 Å². The molecule has 4 nitrogen and oxygen atoms in total. The second-order valence-corrected chi connectivity index (χ2v) is 7.29. The van der Waals surface area contributed by atoms with Gasteiger partial charge in [-0.25, -0.2) is 0 Å². The number of phenols is 2. The maximum absolute atomic E-state index is 9.68. The Hall–Kier alpha value is -2.04. The van der Waals surface area contributed by atoms with E-state index >= 15 is 0 Å². The highest BCUT2D eigenvalue weighted by Crippen LogP contribution is 2.45. The molecule has 148 valence electrons. The molecule has 0 fully saturated rings. The molecule has 2 atom stereocenters. The van der Waals surface area contributed by atoms with Gasteiger partial charge in [0, 0.05) is 6.61 Å². The summed E-state index contributed by atoms with van der Waals surface area (Å²) in [5.74, 6) is 0.836. The molecule has 27 heavy (non-hydrogen) atoms. The van der Waals surface area contributed by atoms with Crippen molar-refractivity contribution in [2.75, 3.05) is 19.8 Å². The number of rotatable bonds is 11. The van der Waals surface area contributed by atoms with Crippen molar-refractivity contribution in [3.05, 3.63) is 59.7 Å². The van der Waals surface area contributed by atoms with Gasteiger partial charge in [0.25, 0.3) is 0 Å². The molecule has 2 aromatic carbocycles. The fraction of sp³-hybridized carbons (Fsp3) is 0.478. The van der Waals surface area contributed by atoms with E-state index in [1.165, 1.54) is 11.1 Å². The predicted octanol–water partition coefficient (Wildman–Crippen LogP) is 4.73. The van der Waals surface area contributed by atoms with Crippen LogP contribution >= 0.6 is 0 Å². The highest BCUT2D eigenvalue weighted by atomic mass is 16.5. The number of hydrogen-bond acceptors (Lipinski definition) is 4. The molecule has 0 spiro atoms. The SMILES string of the molecule is CC[C@@](C)(c1ccc(O)cc1)[C@H](CCCCOCCO)c1ccc(O)cc1. The summed E-state index contributed by atoms with van der Waals surface area (Å²) in [5.41, 5.74) is 2.33. The lowest BCUT2D eigenvalue weighted by molar-refractivity contribution is 0.0889. The predicted molar refractivity (Wildman–Crippen MR) is 108 cm³/mol. The zero-order chi connectivity index (χ0) is 19.7. The molecule has 0 amide bonds. The van der Waals surface area contributed by atoms with Gasteiger partial charge >= 0.3 is 0 Å². The zero-order valence-electron chi connectivity index (χ0n) is 16.4. The highest BCUT2D eigenvalue weighted by molar-refractivity contribution is 5.37. The van der Waals surface area contributed by atoms with Crippen molar-refractivity contribution in [3.8, 4) is 11.5 Å².